The lowest BCUT2D eigenvalue weighted by molar-refractivity contribution is -0.304. The van der Waals surface area contributed by atoms with Crippen LogP contribution in [0.25, 0.3) is 11.0 Å². The van der Waals surface area contributed by atoms with E-state index in [0.29, 0.717) is 17.8 Å². The number of amides is 2. The predicted octanol–water partition coefficient (Wildman–Crippen LogP) is -1.28. The predicted molar refractivity (Wildman–Crippen MR) is 88.4 cm³/mol. The van der Waals surface area contributed by atoms with E-state index in [2.05, 4.69) is 5.32 Å². The summed E-state index contributed by atoms with van der Waals surface area (Å²) in [5, 5.41) is 15.3. The van der Waals surface area contributed by atoms with Crippen LogP contribution in [0.2, 0.25) is 0 Å². The van der Waals surface area contributed by atoms with E-state index in [-0.39, 0.29) is 13.2 Å². The molecule has 2 N–H and O–H groups in total. The van der Waals surface area contributed by atoms with Crippen molar-refractivity contribution in [2.75, 3.05) is 19.7 Å². The molecule has 0 saturated carbocycles. The maximum atomic E-state index is 11.7. The molecule has 0 bridgehead atoms. The first-order valence-electron chi connectivity index (χ1n) is 7.82. The zero-order valence-corrected chi connectivity index (χ0v) is 14.0. The molecule has 0 radical (unpaired) electrons. The second kappa shape index (κ2) is 8.65. The first-order chi connectivity index (χ1) is 12.4. The van der Waals surface area contributed by atoms with E-state index in [1.165, 1.54) is 12.1 Å². The van der Waals surface area contributed by atoms with Crippen LogP contribution in [0.1, 0.15) is 12.5 Å². The summed E-state index contributed by atoms with van der Waals surface area (Å²) >= 11 is 0. The van der Waals surface area contributed by atoms with Gasteiger partial charge in [0, 0.05) is 17.5 Å². The van der Waals surface area contributed by atoms with Crippen LogP contribution in [0.15, 0.2) is 33.5 Å². The molecule has 0 spiro atoms. The van der Waals surface area contributed by atoms with Crippen molar-refractivity contribution in [3.05, 3.63) is 40.2 Å². The third-order valence-corrected chi connectivity index (χ3v) is 3.43. The number of hydrogen-bond donors (Lipinski definition) is 2. The third-order valence-electron chi connectivity index (χ3n) is 3.43. The molecular weight excluding hydrogens is 344 g/mol. The number of nitrogens with one attached hydrogen (secondary N) is 2. The van der Waals surface area contributed by atoms with Gasteiger partial charge in [0.1, 0.15) is 11.3 Å². The molecule has 0 fully saturated rings. The monoisotopic (exact) mass is 361 g/mol. The quantitative estimate of drug-likeness (QED) is 0.558. The van der Waals surface area contributed by atoms with Crippen molar-refractivity contribution >= 4 is 28.8 Å². The van der Waals surface area contributed by atoms with Gasteiger partial charge in [0.2, 0.25) is 5.91 Å². The lowest BCUT2D eigenvalue weighted by Gasteiger charge is -2.09. The summed E-state index contributed by atoms with van der Waals surface area (Å²) in [5.41, 5.74) is 0.740. The summed E-state index contributed by atoms with van der Waals surface area (Å²) in [6.45, 7) is 0.540. The van der Waals surface area contributed by atoms with Gasteiger partial charge in [-0.15, -0.1) is 0 Å². The van der Waals surface area contributed by atoms with E-state index in [1.807, 2.05) is 12.2 Å². The standard InChI is InChI=1S/C17H18N2O7/c1-2-10-5-17(24)26-13-6-11(3-4-12(10)13)25-9-15(21)18-7-14(20)19-8-16(22)23/h3-6H,2,7-9H2,1H3,(H,18,21)(H,19,20)(H,22,23)/p-1. The van der Waals surface area contributed by atoms with Gasteiger partial charge in [0.05, 0.1) is 19.1 Å². The van der Waals surface area contributed by atoms with E-state index in [1.54, 1.807) is 12.1 Å². The molecule has 1 aromatic heterocycles. The second-order valence-corrected chi connectivity index (χ2v) is 5.32. The topological polar surface area (TPSA) is 138 Å². The van der Waals surface area contributed by atoms with Crippen molar-refractivity contribution in [2.24, 2.45) is 0 Å². The molecule has 138 valence electrons. The van der Waals surface area contributed by atoms with Crippen molar-refractivity contribution in [1.82, 2.24) is 10.6 Å². The minimum absolute atomic E-state index is 0.324. The van der Waals surface area contributed by atoms with E-state index in [9.17, 15) is 24.3 Å². The average Bonchev–Trinajstić information content (AvgIpc) is 2.61. The summed E-state index contributed by atoms with van der Waals surface area (Å²) in [5.74, 6) is -2.34. The summed E-state index contributed by atoms with van der Waals surface area (Å²) in [7, 11) is 0. The van der Waals surface area contributed by atoms with Crippen LogP contribution >= 0.6 is 0 Å². The highest BCUT2D eigenvalue weighted by Crippen LogP contribution is 2.22. The summed E-state index contributed by atoms with van der Waals surface area (Å²) < 4.78 is 10.4. The molecule has 9 heteroatoms. The van der Waals surface area contributed by atoms with E-state index < -0.39 is 30.0 Å². The Morgan fingerprint density at radius 1 is 1.12 bits per heavy atom. The number of carboxylic acid groups (broad SMARTS) is 1. The lowest BCUT2D eigenvalue weighted by atomic mass is 10.1. The molecule has 9 nitrogen and oxygen atoms in total. The Morgan fingerprint density at radius 3 is 2.54 bits per heavy atom. The van der Waals surface area contributed by atoms with Gasteiger partial charge in [-0.05, 0) is 24.1 Å². The van der Waals surface area contributed by atoms with Crippen molar-refractivity contribution in [3.63, 3.8) is 0 Å². The van der Waals surface area contributed by atoms with Gasteiger partial charge in [-0.25, -0.2) is 4.79 Å². The Hall–Kier alpha value is -3.36. The largest absolute Gasteiger partial charge is 0.548 e. The number of aryl methyl sites for hydroxylation is 1. The zero-order valence-electron chi connectivity index (χ0n) is 14.0. The Labute approximate surface area is 147 Å². The van der Waals surface area contributed by atoms with Gasteiger partial charge < -0.3 is 29.7 Å². The summed E-state index contributed by atoms with van der Waals surface area (Å²) in [6, 6.07) is 6.32. The minimum atomic E-state index is -1.43. The molecule has 0 aliphatic heterocycles. The molecule has 1 aromatic carbocycles. The van der Waals surface area contributed by atoms with Gasteiger partial charge in [-0.2, -0.15) is 0 Å². The van der Waals surface area contributed by atoms with Crippen molar-refractivity contribution in [2.45, 2.75) is 13.3 Å². The molecule has 2 rings (SSSR count). The Bertz CT molecular complexity index is 888. The highest BCUT2D eigenvalue weighted by molar-refractivity contribution is 5.87. The second-order valence-electron chi connectivity index (χ2n) is 5.32. The molecule has 1 heterocycles. The Morgan fingerprint density at radius 2 is 1.85 bits per heavy atom. The van der Waals surface area contributed by atoms with Crippen molar-refractivity contribution in [3.8, 4) is 5.75 Å². The van der Waals surface area contributed by atoms with Crippen LogP contribution in [-0.2, 0) is 20.8 Å². The first-order valence-corrected chi connectivity index (χ1v) is 7.82. The van der Waals surface area contributed by atoms with Gasteiger partial charge >= 0.3 is 5.63 Å². The summed E-state index contributed by atoms with van der Waals surface area (Å²) in [4.78, 5) is 44.7. The summed E-state index contributed by atoms with van der Waals surface area (Å²) in [6.07, 6.45) is 0.671. The number of aliphatic carboxylic acids is 1. The normalized spacial score (nSPS) is 10.3. The molecule has 26 heavy (non-hydrogen) atoms. The smallest absolute Gasteiger partial charge is 0.336 e. The fraction of sp³-hybridized carbons (Fsp3) is 0.294. The molecule has 0 aliphatic carbocycles. The van der Waals surface area contributed by atoms with Gasteiger partial charge in [0.25, 0.3) is 5.91 Å². The van der Waals surface area contributed by atoms with Crippen LogP contribution in [0.3, 0.4) is 0 Å². The molecule has 0 aliphatic rings. The van der Waals surface area contributed by atoms with Gasteiger partial charge in [0.15, 0.2) is 6.61 Å². The number of carbonyl (C=O) groups excluding carboxylic acids is 3. The fourth-order valence-corrected chi connectivity index (χ4v) is 2.20. The maximum absolute atomic E-state index is 11.7. The Balaban J connectivity index is 1.91. The highest BCUT2D eigenvalue weighted by Gasteiger charge is 2.09. The van der Waals surface area contributed by atoms with E-state index in [4.69, 9.17) is 9.15 Å². The number of ether oxygens (including phenoxy) is 1. The first kappa shape index (κ1) is 19.0. The number of hydrogen-bond acceptors (Lipinski definition) is 7. The number of rotatable bonds is 8. The Kier molecular flexibility index (Phi) is 6.31. The number of fused-ring (bicyclic) bond motifs is 1. The van der Waals surface area contributed by atoms with Crippen LogP contribution < -0.4 is 26.1 Å². The molecular formula is C17H17N2O7-. The van der Waals surface area contributed by atoms with Crippen LogP contribution in [0.4, 0.5) is 0 Å². The SMILES string of the molecule is CCc1cc(=O)oc2cc(OCC(=O)NCC(=O)NCC(=O)[O-])ccc12. The number of benzene rings is 1. The third kappa shape index (κ3) is 5.33. The number of carboxylic acids is 1. The molecule has 2 amide bonds. The average molecular weight is 361 g/mol. The van der Waals surface area contributed by atoms with Gasteiger partial charge in [-0.3, -0.25) is 9.59 Å². The lowest BCUT2D eigenvalue weighted by Crippen LogP contribution is -2.43. The fourth-order valence-electron chi connectivity index (χ4n) is 2.20. The minimum Gasteiger partial charge on any atom is -0.548 e. The zero-order chi connectivity index (χ0) is 19.1. The molecule has 0 unspecified atom stereocenters. The van der Waals surface area contributed by atoms with Crippen LogP contribution in [0.5, 0.6) is 5.75 Å². The van der Waals surface area contributed by atoms with Gasteiger partial charge in [-0.1, -0.05) is 6.92 Å². The molecule has 0 atom stereocenters. The maximum Gasteiger partial charge on any atom is 0.336 e. The van der Waals surface area contributed by atoms with E-state index >= 15 is 0 Å². The number of carbonyl (C=O) groups is 3. The molecule has 0 saturated heterocycles. The van der Waals surface area contributed by atoms with Crippen LogP contribution in [0, 0.1) is 0 Å². The van der Waals surface area contributed by atoms with Crippen LogP contribution in [-0.4, -0.2) is 37.5 Å². The van der Waals surface area contributed by atoms with E-state index in [0.717, 1.165) is 10.9 Å². The van der Waals surface area contributed by atoms with Crippen molar-refractivity contribution < 1.29 is 28.6 Å². The molecule has 2 aromatic rings. The highest BCUT2D eigenvalue weighted by atomic mass is 16.5. The van der Waals surface area contributed by atoms with Crippen molar-refractivity contribution in [1.29, 1.82) is 0 Å².